The monoisotopic (exact) mass is 170 g/mol. The zero-order valence-corrected chi connectivity index (χ0v) is 7.97. The van der Waals surface area contributed by atoms with Crippen LogP contribution in [0.4, 0.5) is 0 Å². The van der Waals surface area contributed by atoms with Crippen molar-refractivity contribution < 1.29 is 4.74 Å². The molecule has 12 heavy (non-hydrogen) atoms. The SMILES string of the molecule is CCCCCOCC(C)(N)C#N. The maximum atomic E-state index is 8.54. The lowest BCUT2D eigenvalue weighted by Gasteiger charge is -2.14. The van der Waals surface area contributed by atoms with E-state index in [0.29, 0.717) is 13.2 Å². The average molecular weight is 170 g/mol. The van der Waals surface area contributed by atoms with E-state index in [0.717, 1.165) is 6.42 Å². The van der Waals surface area contributed by atoms with Gasteiger partial charge in [0.25, 0.3) is 0 Å². The molecule has 2 N–H and O–H groups in total. The number of ether oxygens (including phenoxy) is 1. The number of nitrogens with two attached hydrogens (primary N) is 1. The molecule has 0 aliphatic heterocycles. The molecule has 0 fully saturated rings. The van der Waals surface area contributed by atoms with Crippen LogP contribution < -0.4 is 5.73 Å². The van der Waals surface area contributed by atoms with Crippen LogP contribution in [0.3, 0.4) is 0 Å². The van der Waals surface area contributed by atoms with Crippen LogP contribution in [0.15, 0.2) is 0 Å². The van der Waals surface area contributed by atoms with Crippen molar-refractivity contribution in [1.82, 2.24) is 0 Å². The highest BCUT2D eigenvalue weighted by atomic mass is 16.5. The fraction of sp³-hybridized carbons (Fsp3) is 0.889. The van der Waals surface area contributed by atoms with Crippen molar-refractivity contribution in [2.45, 2.75) is 38.6 Å². The number of nitriles is 1. The van der Waals surface area contributed by atoms with E-state index in [1.54, 1.807) is 6.92 Å². The number of nitrogens with zero attached hydrogens (tertiary/aromatic N) is 1. The molecule has 0 radical (unpaired) electrons. The highest BCUT2D eigenvalue weighted by Crippen LogP contribution is 1.99. The lowest BCUT2D eigenvalue weighted by Crippen LogP contribution is -2.39. The van der Waals surface area contributed by atoms with Gasteiger partial charge in [0.15, 0.2) is 0 Å². The van der Waals surface area contributed by atoms with Crippen molar-refractivity contribution in [1.29, 1.82) is 5.26 Å². The number of hydrogen-bond acceptors (Lipinski definition) is 3. The molecule has 0 aromatic carbocycles. The van der Waals surface area contributed by atoms with E-state index < -0.39 is 5.54 Å². The van der Waals surface area contributed by atoms with Crippen molar-refractivity contribution in [3.05, 3.63) is 0 Å². The molecule has 0 bridgehead atoms. The first-order chi connectivity index (χ1) is 5.62. The zero-order chi connectivity index (χ0) is 9.45. The summed E-state index contributed by atoms with van der Waals surface area (Å²) < 4.78 is 5.24. The van der Waals surface area contributed by atoms with E-state index in [-0.39, 0.29) is 0 Å². The van der Waals surface area contributed by atoms with Crippen molar-refractivity contribution in [3.63, 3.8) is 0 Å². The van der Waals surface area contributed by atoms with Gasteiger partial charge in [-0.3, -0.25) is 0 Å². The molecular formula is C9H18N2O. The van der Waals surface area contributed by atoms with E-state index in [9.17, 15) is 0 Å². The average Bonchev–Trinajstić information content (AvgIpc) is 2.04. The van der Waals surface area contributed by atoms with Gasteiger partial charge in [0, 0.05) is 6.61 Å². The minimum atomic E-state index is -0.827. The molecule has 0 aromatic heterocycles. The smallest absolute Gasteiger partial charge is 0.124 e. The van der Waals surface area contributed by atoms with Gasteiger partial charge in [0.1, 0.15) is 5.54 Å². The molecule has 3 nitrogen and oxygen atoms in total. The third-order valence-corrected chi connectivity index (χ3v) is 1.55. The predicted octanol–water partition coefficient (Wildman–Crippen LogP) is 1.43. The predicted molar refractivity (Wildman–Crippen MR) is 48.5 cm³/mol. The van der Waals surface area contributed by atoms with Crippen LogP contribution in [-0.2, 0) is 4.74 Å². The third kappa shape index (κ3) is 6.14. The summed E-state index contributed by atoms with van der Waals surface area (Å²) in [6, 6.07) is 1.98. The molecule has 0 saturated carbocycles. The Kier molecular flexibility index (Phi) is 5.69. The molecular weight excluding hydrogens is 152 g/mol. The van der Waals surface area contributed by atoms with E-state index in [4.69, 9.17) is 15.7 Å². The van der Waals surface area contributed by atoms with Gasteiger partial charge in [-0.05, 0) is 13.3 Å². The van der Waals surface area contributed by atoms with Gasteiger partial charge in [0.05, 0.1) is 12.7 Å². The van der Waals surface area contributed by atoms with Crippen molar-refractivity contribution in [2.24, 2.45) is 5.73 Å². The van der Waals surface area contributed by atoms with Gasteiger partial charge in [0.2, 0.25) is 0 Å². The molecule has 0 spiro atoms. The van der Waals surface area contributed by atoms with Gasteiger partial charge in [-0.15, -0.1) is 0 Å². The van der Waals surface area contributed by atoms with Crippen LogP contribution in [0.5, 0.6) is 0 Å². The highest BCUT2D eigenvalue weighted by molar-refractivity contribution is 5.00. The molecule has 0 saturated heterocycles. The minimum Gasteiger partial charge on any atom is -0.378 e. The lowest BCUT2D eigenvalue weighted by molar-refractivity contribution is 0.105. The molecule has 0 heterocycles. The summed E-state index contributed by atoms with van der Waals surface area (Å²) in [6.45, 7) is 4.85. The summed E-state index contributed by atoms with van der Waals surface area (Å²) in [5, 5.41) is 8.54. The van der Waals surface area contributed by atoms with Crippen LogP contribution in [0, 0.1) is 11.3 Å². The van der Waals surface area contributed by atoms with E-state index in [1.807, 2.05) is 6.07 Å². The normalized spacial score (nSPS) is 15.2. The lowest BCUT2D eigenvalue weighted by atomic mass is 10.1. The van der Waals surface area contributed by atoms with Crippen molar-refractivity contribution in [2.75, 3.05) is 13.2 Å². The minimum absolute atomic E-state index is 0.327. The standard InChI is InChI=1S/C9H18N2O/c1-3-4-5-6-12-8-9(2,11)7-10/h3-6,8,11H2,1-2H3. The first-order valence-corrected chi connectivity index (χ1v) is 4.40. The quantitative estimate of drug-likeness (QED) is 0.613. The second kappa shape index (κ2) is 5.99. The molecule has 70 valence electrons. The summed E-state index contributed by atoms with van der Waals surface area (Å²) >= 11 is 0. The first-order valence-electron chi connectivity index (χ1n) is 4.40. The Balaban J connectivity index is 3.27. The summed E-state index contributed by atoms with van der Waals surface area (Å²) in [6.07, 6.45) is 3.41. The summed E-state index contributed by atoms with van der Waals surface area (Å²) in [5.74, 6) is 0. The molecule has 0 aliphatic carbocycles. The summed E-state index contributed by atoms with van der Waals surface area (Å²) in [7, 11) is 0. The number of rotatable bonds is 6. The topological polar surface area (TPSA) is 59.0 Å². The van der Waals surface area contributed by atoms with Gasteiger partial charge in [-0.1, -0.05) is 19.8 Å². The highest BCUT2D eigenvalue weighted by Gasteiger charge is 2.16. The Morgan fingerprint density at radius 3 is 2.67 bits per heavy atom. The van der Waals surface area contributed by atoms with E-state index >= 15 is 0 Å². The maximum Gasteiger partial charge on any atom is 0.124 e. The Morgan fingerprint density at radius 1 is 1.50 bits per heavy atom. The van der Waals surface area contributed by atoms with Crippen LogP contribution in [0.1, 0.15) is 33.1 Å². The van der Waals surface area contributed by atoms with E-state index in [1.165, 1.54) is 12.8 Å². The fourth-order valence-electron chi connectivity index (χ4n) is 0.771. The van der Waals surface area contributed by atoms with Gasteiger partial charge < -0.3 is 10.5 Å². The fourth-order valence-corrected chi connectivity index (χ4v) is 0.771. The van der Waals surface area contributed by atoms with E-state index in [2.05, 4.69) is 6.92 Å². The van der Waals surface area contributed by atoms with Crippen LogP contribution in [-0.4, -0.2) is 18.8 Å². The molecule has 3 heteroatoms. The van der Waals surface area contributed by atoms with Crippen LogP contribution in [0.25, 0.3) is 0 Å². The second-order valence-corrected chi connectivity index (χ2v) is 3.29. The van der Waals surface area contributed by atoms with Gasteiger partial charge in [-0.25, -0.2) is 0 Å². The summed E-state index contributed by atoms with van der Waals surface area (Å²) in [5.41, 5.74) is 4.72. The number of hydrogen-bond donors (Lipinski definition) is 1. The first kappa shape index (κ1) is 11.4. The van der Waals surface area contributed by atoms with Gasteiger partial charge in [-0.2, -0.15) is 5.26 Å². The molecule has 0 aliphatic rings. The molecule has 1 atom stereocenters. The summed E-state index contributed by atoms with van der Waals surface area (Å²) in [4.78, 5) is 0. The second-order valence-electron chi connectivity index (χ2n) is 3.29. The Hall–Kier alpha value is -0.590. The van der Waals surface area contributed by atoms with Crippen molar-refractivity contribution >= 4 is 0 Å². The Labute approximate surface area is 74.5 Å². The molecule has 0 amide bonds. The van der Waals surface area contributed by atoms with Crippen LogP contribution in [0.2, 0.25) is 0 Å². The Bertz CT molecular complexity index is 149. The largest absolute Gasteiger partial charge is 0.378 e. The zero-order valence-electron chi connectivity index (χ0n) is 7.97. The Morgan fingerprint density at radius 2 is 2.17 bits per heavy atom. The molecule has 0 aromatic rings. The third-order valence-electron chi connectivity index (χ3n) is 1.55. The molecule has 1 unspecified atom stereocenters. The molecule has 0 rings (SSSR count). The maximum absolute atomic E-state index is 8.54. The van der Waals surface area contributed by atoms with Crippen molar-refractivity contribution in [3.8, 4) is 6.07 Å². The van der Waals surface area contributed by atoms with Crippen LogP contribution >= 0.6 is 0 Å². The number of unbranched alkanes of at least 4 members (excludes halogenated alkanes) is 2. The van der Waals surface area contributed by atoms with Gasteiger partial charge >= 0.3 is 0 Å².